The van der Waals surface area contributed by atoms with Crippen LogP contribution in [-0.2, 0) is 48.5 Å². The summed E-state index contributed by atoms with van der Waals surface area (Å²) < 4.78 is 73.0. The lowest BCUT2D eigenvalue weighted by Crippen LogP contribution is -2.61. The molecule has 0 unspecified atom stereocenters. The second kappa shape index (κ2) is 11.9. The van der Waals surface area contributed by atoms with Crippen LogP contribution in [0.25, 0.3) is 0 Å². The van der Waals surface area contributed by atoms with Crippen molar-refractivity contribution in [3.05, 3.63) is 48.0 Å². The van der Waals surface area contributed by atoms with Gasteiger partial charge in [0.2, 0.25) is 0 Å². The molecule has 44 heavy (non-hydrogen) atoms. The predicted octanol–water partition coefficient (Wildman–Crippen LogP) is 5.28. The average molecular weight is 625 g/mol. The molecule has 0 amide bonds. The second-order valence-electron chi connectivity index (χ2n) is 12.5. The van der Waals surface area contributed by atoms with E-state index in [1.54, 1.807) is 13.8 Å². The molecule has 0 aliphatic carbocycles. The molecule has 0 spiro atoms. The van der Waals surface area contributed by atoms with Gasteiger partial charge >= 0.3 is 24.1 Å². The molecular weight excluding hydrogens is 585 g/mol. The van der Waals surface area contributed by atoms with Crippen LogP contribution in [0, 0.1) is 5.92 Å². The van der Waals surface area contributed by atoms with Crippen molar-refractivity contribution >= 4 is 23.7 Å². The highest BCUT2D eigenvalue weighted by atomic mass is 19.4. The highest BCUT2D eigenvalue weighted by Crippen LogP contribution is 2.49. The van der Waals surface area contributed by atoms with Crippen LogP contribution in [0.3, 0.4) is 0 Å². The monoisotopic (exact) mass is 624 g/mol. The van der Waals surface area contributed by atoms with Gasteiger partial charge in [-0.05, 0) is 65.2 Å². The number of carbonyl (C=O) groups excluding carboxylic acids is 4. The fourth-order valence-corrected chi connectivity index (χ4v) is 6.67. The highest BCUT2D eigenvalue weighted by molar-refractivity contribution is 5.94. The van der Waals surface area contributed by atoms with E-state index in [0.29, 0.717) is 0 Å². The van der Waals surface area contributed by atoms with E-state index >= 15 is 0 Å². The zero-order valence-corrected chi connectivity index (χ0v) is 25.6. The Morgan fingerprint density at radius 1 is 0.955 bits per heavy atom. The Bertz CT molecular complexity index is 1310. The molecule has 0 aromatic heterocycles. The van der Waals surface area contributed by atoms with E-state index in [1.807, 2.05) is 0 Å². The number of fused-ring (bicyclic) bond motifs is 5. The van der Waals surface area contributed by atoms with Crippen molar-refractivity contribution in [2.75, 3.05) is 7.11 Å². The zero-order valence-electron chi connectivity index (χ0n) is 25.6. The maximum atomic E-state index is 14.8. The molecule has 242 valence electrons. The largest absolute Gasteiger partial charge is 0.459 e. The van der Waals surface area contributed by atoms with Crippen LogP contribution in [0.5, 0.6) is 0 Å². The Balaban J connectivity index is 1.83. The van der Waals surface area contributed by atoms with Gasteiger partial charge in [0.25, 0.3) is 5.60 Å². The smallest absolute Gasteiger partial charge is 0.432 e. The second-order valence-corrected chi connectivity index (χ2v) is 12.5. The summed E-state index contributed by atoms with van der Waals surface area (Å²) >= 11 is 0. The Morgan fingerprint density at radius 2 is 1.59 bits per heavy atom. The van der Waals surface area contributed by atoms with Gasteiger partial charge in [-0.15, -0.1) is 0 Å². The van der Waals surface area contributed by atoms with Gasteiger partial charge in [0.1, 0.15) is 23.4 Å². The van der Waals surface area contributed by atoms with Crippen molar-refractivity contribution in [3.8, 4) is 0 Å². The minimum atomic E-state index is -5.22. The predicted molar refractivity (Wildman–Crippen MR) is 149 cm³/mol. The van der Waals surface area contributed by atoms with Crippen molar-refractivity contribution in [1.82, 2.24) is 0 Å². The molecule has 1 aromatic rings. The number of Topliss-reactive ketones (excluding diaryl/α,β-unsaturated/α-hetero) is 1. The molecule has 0 saturated carbocycles. The van der Waals surface area contributed by atoms with E-state index in [-0.39, 0.29) is 56.3 Å². The fourth-order valence-electron chi connectivity index (χ4n) is 6.67. The average Bonchev–Trinajstić information content (AvgIpc) is 3.04. The molecular formula is C32H39F3O9. The molecule has 3 fully saturated rings. The maximum Gasteiger partial charge on any atom is 0.432 e. The molecule has 7 atom stereocenters. The summed E-state index contributed by atoms with van der Waals surface area (Å²) in [5, 5.41) is 0. The van der Waals surface area contributed by atoms with Crippen molar-refractivity contribution in [1.29, 1.82) is 0 Å². The molecule has 4 rings (SSSR count). The van der Waals surface area contributed by atoms with Gasteiger partial charge < -0.3 is 23.7 Å². The molecule has 3 aliphatic heterocycles. The number of benzene rings is 1. The van der Waals surface area contributed by atoms with Gasteiger partial charge in [0.05, 0.1) is 0 Å². The molecule has 3 heterocycles. The van der Waals surface area contributed by atoms with Gasteiger partial charge in [0, 0.05) is 31.6 Å². The first kappa shape index (κ1) is 33.6. The lowest BCUT2D eigenvalue weighted by Gasteiger charge is -2.52. The van der Waals surface area contributed by atoms with Gasteiger partial charge in [-0.3, -0.25) is 9.59 Å². The molecule has 4 bridgehead atoms. The van der Waals surface area contributed by atoms with Crippen LogP contribution in [-0.4, -0.2) is 66.0 Å². The van der Waals surface area contributed by atoms with Crippen molar-refractivity contribution in [3.63, 3.8) is 0 Å². The summed E-state index contributed by atoms with van der Waals surface area (Å²) in [7, 11) is 0.781. The van der Waals surface area contributed by atoms with Crippen LogP contribution in [0.4, 0.5) is 13.2 Å². The number of alkyl halides is 3. The first-order chi connectivity index (χ1) is 20.4. The first-order valence-corrected chi connectivity index (χ1v) is 14.6. The number of methoxy groups -OCH3 is 1. The zero-order chi connectivity index (χ0) is 32.7. The van der Waals surface area contributed by atoms with Crippen LogP contribution in [0.1, 0.15) is 78.2 Å². The summed E-state index contributed by atoms with van der Waals surface area (Å²) in [6, 6.07) is 6.46. The number of esters is 3. The topological polar surface area (TPSA) is 114 Å². The van der Waals surface area contributed by atoms with E-state index in [4.69, 9.17) is 23.7 Å². The minimum absolute atomic E-state index is 0.0127. The summed E-state index contributed by atoms with van der Waals surface area (Å²) in [6.45, 7) is 9.88. The standard InChI is InChI=1S/C32H39F3O9/c1-19-21-12-15-28(3,43-26(19)38)23(37)13-16-29(4)24(41-20(2)36)14-17-30(5,44-29)25(18-21)42-27(39)31(40-6,32(33,34)35)22-10-8-7-9-11-22/h7-11,21,24-25H,1,12-18H2,2-6H3/t21-,24+,25+,28-,29-,30-,31+/m1/s1. The van der Waals surface area contributed by atoms with E-state index in [9.17, 15) is 32.3 Å². The number of carbonyl (C=O) groups is 4. The Morgan fingerprint density at radius 3 is 2.18 bits per heavy atom. The molecule has 9 nitrogen and oxygen atoms in total. The van der Waals surface area contributed by atoms with Gasteiger partial charge in [-0.2, -0.15) is 13.2 Å². The molecule has 0 radical (unpaired) electrons. The first-order valence-electron chi connectivity index (χ1n) is 14.6. The Labute approximate surface area is 254 Å². The van der Waals surface area contributed by atoms with E-state index in [0.717, 1.165) is 19.2 Å². The SMILES string of the molecule is C=C1C(=O)O[C@]2(C)CC[C@@H]1C[C@H](OC(=O)[C@@](OC)(c1ccccc1)C(F)(F)F)[C@@]1(C)CC[C@H](OC(C)=O)[C@@](C)(CCC2=O)O1. The lowest BCUT2D eigenvalue weighted by atomic mass is 9.74. The number of halogens is 3. The third-order valence-corrected chi connectivity index (χ3v) is 9.44. The third kappa shape index (κ3) is 6.02. The quantitative estimate of drug-likeness (QED) is 0.245. The molecule has 3 aliphatic rings. The Kier molecular flexibility index (Phi) is 9.12. The molecule has 0 N–H and O–H groups in total. The summed E-state index contributed by atoms with van der Waals surface area (Å²) in [6.07, 6.45) is -6.92. The number of ether oxygens (including phenoxy) is 5. The Hall–Kier alpha value is -3.25. The number of ketones is 1. The van der Waals surface area contributed by atoms with Crippen molar-refractivity contribution < 1.29 is 56.0 Å². The maximum absolute atomic E-state index is 14.8. The van der Waals surface area contributed by atoms with Crippen LogP contribution in [0.2, 0.25) is 0 Å². The number of hydrogen-bond donors (Lipinski definition) is 0. The summed E-state index contributed by atoms with van der Waals surface area (Å²) in [5.41, 5.74) is -8.13. The normalized spacial score (nSPS) is 34.5. The van der Waals surface area contributed by atoms with Gasteiger partial charge in [0.15, 0.2) is 11.4 Å². The van der Waals surface area contributed by atoms with E-state index in [1.165, 1.54) is 32.0 Å². The van der Waals surface area contributed by atoms with E-state index in [2.05, 4.69) is 6.58 Å². The highest BCUT2D eigenvalue weighted by Gasteiger charge is 2.65. The third-order valence-electron chi connectivity index (χ3n) is 9.44. The number of rotatable bonds is 5. The molecule has 12 heteroatoms. The van der Waals surface area contributed by atoms with Crippen molar-refractivity contribution in [2.24, 2.45) is 5.92 Å². The molecule has 3 saturated heterocycles. The van der Waals surface area contributed by atoms with Crippen LogP contribution >= 0.6 is 0 Å². The number of hydrogen-bond acceptors (Lipinski definition) is 9. The van der Waals surface area contributed by atoms with Crippen LogP contribution < -0.4 is 0 Å². The summed E-state index contributed by atoms with van der Waals surface area (Å²) in [4.78, 5) is 52.4. The lowest BCUT2D eigenvalue weighted by molar-refractivity contribution is -0.292. The minimum Gasteiger partial charge on any atom is -0.459 e. The van der Waals surface area contributed by atoms with Crippen molar-refractivity contribution in [2.45, 2.75) is 113 Å². The molecule has 1 aromatic carbocycles. The summed E-state index contributed by atoms with van der Waals surface area (Å²) in [5.74, 6) is -4.15. The van der Waals surface area contributed by atoms with Crippen LogP contribution in [0.15, 0.2) is 42.5 Å². The van der Waals surface area contributed by atoms with Gasteiger partial charge in [-0.25, -0.2) is 9.59 Å². The fraction of sp³-hybridized carbons (Fsp3) is 0.625. The van der Waals surface area contributed by atoms with E-state index < -0.39 is 70.2 Å². The van der Waals surface area contributed by atoms with Gasteiger partial charge in [-0.1, -0.05) is 36.9 Å².